The number of hydrogen-bond donors (Lipinski definition) is 0. The number of aromatic nitrogens is 2. The van der Waals surface area contributed by atoms with Gasteiger partial charge in [0.15, 0.2) is 0 Å². The summed E-state index contributed by atoms with van der Waals surface area (Å²) in [6.45, 7) is 0. The Labute approximate surface area is 242 Å². The molecule has 198 valence electrons. The third-order valence-electron chi connectivity index (χ3n) is 8.67. The van der Waals surface area contributed by atoms with E-state index in [1.54, 1.807) is 0 Å². The van der Waals surface area contributed by atoms with Crippen LogP contribution in [0.15, 0.2) is 138 Å². The number of benzene rings is 5. The first kappa shape index (κ1) is 23.3. The molecular weight excluding hydrogens is 512 g/mol. The lowest BCUT2D eigenvalue weighted by molar-refractivity contribution is 0.668. The number of hydrogen-bond acceptors (Lipinski definition) is 2. The van der Waals surface area contributed by atoms with E-state index in [-0.39, 0.29) is 0 Å². The zero-order valence-electron chi connectivity index (χ0n) is 22.9. The Hall–Kier alpha value is -5.41. The minimum Gasteiger partial charge on any atom is -0.456 e. The van der Waals surface area contributed by atoms with Crippen molar-refractivity contribution >= 4 is 60.2 Å². The molecule has 0 aliphatic heterocycles. The van der Waals surface area contributed by atoms with E-state index < -0.39 is 0 Å². The maximum absolute atomic E-state index is 6.55. The van der Waals surface area contributed by atoms with Gasteiger partial charge < -0.3 is 8.98 Å². The van der Waals surface area contributed by atoms with Gasteiger partial charge in [-0.3, -0.25) is 0 Å². The van der Waals surface area contributed by atoms with Gasteiger partial charge in [-0.1, -0.05) is 85.0 Å². The first-order valence-corrected chi connectivity index (χ1v) is 14.5. The highest BCUT2D eigenvalue weighted by Gasteiger charge is 2.18. The normalized spacial score (nSPS) is 13.6. The van der Waals surface area contributed by atoms with Crippen LogP contribution in [0.25, 0.3) is 77.2 Å². The van der Waals surface area contributed by atoms with Crippen LogP contribution >= 0.6 is 0 Å². The average molecular weight is 539 g/mol. The number of allylic oxidation sites excluding steroid dienone is 4. The molecule has 0 unspecified atom stereocenters. The van der Waals surface area contributed by atoms with Gasteiger partial charge in [0.1, 0.15) is 11.2 Å². The molecule has 3 aromatic heterocycles. The van der Waals surface area contributed by atoms with E-state index in [0.717, 1.165) is 57.2 Å². The number of nitrogens with zero attached hydrogens (tertiary/aromatic N) is 2. The molecule has 3 heteroatoms. The number of furan rings is 1. The van der Waals surface area contributed by atoms with Crippen molar-refractivity contribution in [3.63, 3.8) is 0 Å². The lowest BCUT2D eigenvalue weighted by Crippen LogP contribution is -1.95. The number of para-hydroxylation sites is 3. The average Bonchev–Trinajstić information content (AvgIpc) is 3.60. The topological polar surface area (TPSA) is 31.0 Å². The highest BCUT2D eigenvalue weighted by molar-refractivity contribution is 6.14. The maximum Gasteiger partial charge on any atom is 0.137 e. The van der Waals surface area contributed by atoms with E-state index in [1.807, 2.05) is 0 Å². The van der Waals surface area contributed by atoms with E-state index in [9.17, 15) is 0 Å². The summed E-state index contributed by atoms with van der Waals surface area (Å²) in [5.74, 6) is 0. The van der Waals surface area contributed by atoms with Crippen molar-refractivity contribution in [2.75, 3.05) is 0 Å². The van der Waals surface area contributed by atoms with Crippen LogP contribution in [0.2, 0.25) is 0 Å². The lowest BCUT2D eigenvalue weighted by Gasteiger charge is -2.14. The summed E-state index contributed by atoms with van der Waals surface area (Å²) in [6, 6.07) is 40.9. The molecule has 0 amide bonds. The number of pyridine rings is 1. The van der Waals surface area contributed by atoms with Crippen molar-refractivity contribution in [2.24, 2.45) is 0 Å². The first-order valence-electron chi connectivity index (χ1n) is 14.5. The molecule has 5 aromatic carbocycles. The molecule has 1 aliphatic carbocycles. The van der Waals surface area contributed by atoms with E-state index >= 15 is 0 Å². The predicted molar refractivity (Wildman–Crippen MR) is 175 cm³/mol. The van der Waals surface area contributed by atoms with Crippen LogP contribution in [0.1, 0.15) is 18.4 Å². The molecule has 0 spiro atoms. The quantitative estimate of drug-likeness (QED) is 0.224. The summed E-state index contributed by atoms with van der Waals surface area (Å²) in [5, 5.41) is 5.90. The van der Waals surface area contributed by atoms with Gasteiger partial charge >= 0.3 is 0 Å². The second-order valence-electron chi connectivity index (χ2n) is 11.1. The lowest BCUT2D eigenvalue weighted by atomic mass is 9.92. The second-order valence-corrected chi connectivity index (χ2v) is 11.1. The van der Waals surface area contributed by atoms with E-state index in [1.165, 1.54) is 38.3 Å². The zero-order chi connectivity index (χ0) is 27.6. The van der Waals surface area contributed by atoms with Gasteiger partial charge in [-0.25, -0.2) is 4.98 Å². The third-order valence-corrected chi connectivity index (χ3v) is 8.67. The van der Waals surface area contributed by atoms with E-state index in [0.29, 0.717) is 0 Å². The van der Waals surface area contributed by atoms with Crippen molar-refractivity contribution in [1.82, 2.24) is 9.55 Å². The number of fused-ring (bicyclic) bond motifs is 7. The molecule has 0 saturated heterocycles. The monoisotopic (exact) mass is 538 g/mol. The van der Waals surface area contributed by atoms with Gasteiger partial charge in [0.2, 0.25) is 0 Å². The fraction of sp³-hybridized carbons (Fsp3) is 0.0513. The standard InChI is InChI=1S/C39H26N2O/c1-2-11-25(12-3-1)32-24-34(40-33-17-7-4-13-27(32)33)30-16-10-20-37-39(30)31-22-21-26(23-38(31)42-37)41-35-18-8-5-14-28(35)29-15-6-9-19-36(29)41/h1-2,4-11,13-24H,3,12H2. The minimum absolute atomic E-state index is 0.873. The van der Waals surface area contributed by atoms with Gasteiger partial charge in [0.25, 0.3) is 0 Å². The van der Waals surface area contributed by atoms with Crippen LogP contribution in [-0.2, 0) is 0 Å². The van der Waals surface area contributed by atoms with Crippen molar-refractivity contribution < 1.29 is 4.42 Å². The van der Waals surface area contributed by atoms with Crippen molar-refractivity contribution in [3.8, 4) is 16.9 Å². The molecule has 42 heavy (non-hydrogen) atoms. The molecule has 0 atom stereocenters. The Kier molecular flexibility index (Phi) is 5.02. The summed E-state index contributed by atoms with van der Waals surface area (Å²) >= 11 is 0. The van der Waals surface area contributed by atoms with Crippen LogP contribution in [-0.4, -0.2) is 9.55 Å². The highest BCUT2D eigenvalue weighted by Crippen LogP contribution is 2.40. The largest absolute Gasteiger partial charge is 0.456 e. The summed E-state index contributed by atoms with van der Waals surface area (Å²) < 4.78 is 8.88. The Morgan fingerprint density at radius 1 is 0.619 bits per heavy atom. The van der Waals surface area contributed by atoms with Gasteiger partial charge in [0.05, 0.1) is 22.2 Å². The molecule has 0 fully saturated rings. The molecule has 0 saturated carbocycles. The fourth-order valence-corrected chi connectivity index (χ4v) is 6.77. The molecule has 9 rings (SSSR count). The van der Waals surface area contributed by atoms with Gasteiger partial charge in [-0.05, 0) is 66.4 Å². The summed E-state index contributed by atoms with van der Waals surface area (Å²) in [6.07, 6.45) is 8.76. The molecule has 8 aromatic rings. The SMILES string of the molecule is C1=CCCC(c2cc(-c3cccc4oc5cc(-n6c7ccccc7c7ccccc76)ccc5c34)nc3ccccc23)=C1. The Morgan fingerprint density at radius 3 is 2.17 bits per heavy atom. The molecule has 0 radical (unpaired) electrons. The highest BCUT2D eigenvalue weighted by atomic mass is 16.3. The first-order chi connectivity index (χ1) is 20.8. The summed E-state index contributed by atoms with van der Waals surface area (Å²) in [5.41, 5.74) is 10.9. The van der Waals surface area contributed by atoms with Crippen LogP contribution in [0, 0.1) is 0 Å². The Morgan fingerprint density at radius 2 is 1.38 bits per heavy atom. The van der Waals surface area contributed by atoms with Crippen molar-refractivity contribution in [2.45, 2.75) is 12.8 Å². The van der Waals surface area contributed by atoms with Crippen molar-refractivity contribution in [3.05, 3.63) is 139 Å². The van der Waals surface area contributed by atoms with Crippen LogP contribution in [0.5, 0.6) is 0 Å². The Bertz CT molecular complexity index is 2360. The van der Waals surface area contributed by atoms with E-state index in [2.05, 4.69) is 138 Å². The summed E-state index contributed by atoms with van der Waals surface area (Å²) in [4.78, 5) is 5.17. The van der Waals surface area contributed by atoms with Crippen LogP contribution in [0.3, 0.4) is 0 Å². The molecule has 1 aliphatic rings. The van der Waals surface area contributed by atoms with Crippen LogP contribution < -0.4 is 0 Å². The molecule has 0 bridgehead atoms. The van der Waals surface area contributed by atoms with Crippen molar-refractivity contribution in [1.29, 1.82) is 0 Å². The zero-order valence-corrected chi connectivity index (χ0v) is 22.9. The molecule has 3 nitrogen and oxygen atoms in total. The van der Waals surface area contributed by atoms with Crippen LogP contribution in [0.4, 0.5) is 0 Å². The smallest absolute Gasteiger partial charge is 0.137 e. The molecule has 3 heterocycles. The predicted octanol–water partition coefficient (Wildman–Crippen LogP) is 10.6. The summed E-state index contributed by atoms with van der Waals surface area (Å²) in [7, 11) is 0. The molecule has 0 N–H and O–H groups in total. The minimum atomic E-state index is 0.873. The van der Waals surface area contributed by atoms with Gasteiger partial charge in [0, 0.05) is 44.2 Å². The fourth-order valence-electron chi connectivity index (χ4n) is 6.77. The number of rotatable bonds is 3. The third kappa shape index (κ3) is 3.44. The second kappa shape index (κ2) is 9.05. The van der Waals surface area contributed by atoms with E-state index in [4.69, 9.17) is 9.40 Å². The van der Waals surface area contributed by atoms with Gasteiger partial charge in [-0.15, -0.1) is 0 Å². The maximum atomic E-state index is 6.55. The molecular formula is C39H26N2O. The Balaban J connectivity index is 1.27. The van der Waals surface area contributed by atoms with Gasteiger partial charge in [-0.2, -0.15) is 0 Å².